The van der Waals surface area contributed by atoms with Gasteiger partial charge in [-0.1, -0.05) is 0 Å². The number of rotatable bonds is 7. The second-order valence-electron chi connectivity index (χ2n) is 4.07. The molecule has 0 atom stereocenters. The fourth-order valence-corrected chi connectivity index (χ4v) is 1.67. The highest BCUT2D eigenvalue weighted by Gasteiger charge is 2.40. The molecule has 1 aromatic carbocycles. The van der Waals surface area contributed by atoms with Crippen molar-refractivity contribution in [3.8, 4) is 5.75 Å². The quantitative estimate of drug-likeness (QED) is 0.147. The average molecular weight is 371 g/mol. The number of benzene rings is 1. The molecule has 14 heteroatoms. The summed E-state index contributed by atoms with van der Waals surface area (Å²) in [5.41, 5.74) is -4.58. The Balaban J connectivity index is 3.86. The normalized spacial score (nSPS) is 10.8. The lowest BCUT2D eigenvalue weighted by Crippen LogP contribution is -2.48. The van der Waals surface area contributed by atoms with Crippen LogP contribution in [0.5, 0.6) is 5.75 Å². The van der Waals surface area contributed by atoms with Gasteiger partial charge in [0, 0.05) is 0 Å². The number of Topliss-reactive ketones (excluding diaryl/α,β-unsaturated/α-hetero) is 1. The first-order valence-electron chi connectivity index (χ1n) is 5.67. The van der Waals surface area contributed by atoms with Crippen molar-refractivity contribution < 1.29 is 56.2 Å². The van der Waals surface area contributed by atoms with Crippen LogP contribution in [-0.2, 0) is 9.59 Å². The van der Waals surface area contributed by atoms with E-state index in [1.54, 1.807) is 0 Å². The van der Waals surface area contributed by atoms with Gasteiger partial charge in [0.25, 0.3) is 0 Å². The van der Waals surface area contributed by atoms with Crippen molar-refractivity contribution in [2.24, 2.45) is 5.92 Å². The van der Waals surface area contributed by atoms with E-state index in [9.17, 15) is 56.7 Å². The lowest BCUT2D eigenvalue weighted by Gasteiger charge is -2.19. The number of carboxylic acids is 2. The monoisotopic (exact) mass is 371 g/mol. The first kappa shape index (κ1) is 19.7. The zero-order valence-corrected chi connectivity index (χ0v) is 11.3. The number of ketones is 1. The Labute approximate surface area is 132 Å². The SMILES string of the molecule is O=C([O-])C(C(=O)[O-])C(=O)c1c(F)c(OC(F)F)c(F)c(F)c1[N+](=O)[O-]. The summed E-state index contributed by atoms with van der Waals surface area (Å²) in [6.07, 6.45) is 0. The van der Waals surface area contributed by atoms with Gasteiger partial charge in [-0.05, 0) is 0 Å². The van der Waals surface area contributed by atoms with Crippen LogP contribution < -0.4 is 14.9 Å². The molecule has 0 heterocycles. The van der Waals surface area contributed by atoms with Crippen LogP contribution in [0.15, 0.2) is 0 Å². The summed E-state index contributed by atoms with van der Waals surface area (Å²) in [4.78, 5) is 41.8. The molecule has 1 rings (SSSR count). The van der Waals surface area contributed by atoms with Crippen LogP contribution in [0.4, 0.5) is 27.6 Å². The van der Waals surface area contributed by atoms with Crippen LogP contribution in [0, 0.1) is 33.5 Å². The Morgan fingerprint density at radius 3 is 1.80 bits per heavy atom. The number of nitro benzene ring substituents is 1. The lowest BCUT2D eigenvalue weighted by atomic mass is 9.95. The van der Waals surface area contributed by atoms with Crippen LogP contribution in [0.1, 0.15) is 10.4 Å². The van der Waals surface area contributed by atoms with Crippen LogP contribution in [0.25, 0.3) is 0 Å². The maximum absolute atomic E-state index is 14.0. The summed E-state index contributed by atoms with van der Waals surface area (Å²) < 4.78 is 68.6. The number of carbonyl (C=O) groups is 3. The summed E-state index contributed by atoms with van der Waals surface area (Å²) in [5, 5.41) is 31.9. The van der Waals surface area contributed by atoms with Crippen molar-refractivity contribution in [3.05, 3.63) is 33.1 Å². The standard InChI is InChI=1S/C11H4F5NO8/c12-3-1(7(18)2(9(19)20)10(21)22)6(17(23)24)4(13)5(14)8(3)25-11(15)16/h2,11H,(H,19,20)(H,21,22)/p-2. The fourth-order valence-electron chi connectivity index (χ4n) is 1.67. The van der Waals surface area contributed by atoms with Gasteiger partial charge in [-0.25, -0.2) is 4.39 Å². The van der Waals surface area contributed by atoms with Crippen LogP contribution in [0.2, 0.25) is 0 Å². The minimum absolute atomic E-state index is 1.90. The van der Waals surface area contributed by atoms with Crippen molar-refractivity contribution in [2.45, 2.75) is 6.61 Å². The Hall–Kier alpha value is -3.32. The largest absolute Gasteiger partial charge is 0.549 e. The molecule has 1 aromatic rings. The van der Waals surface area contributed by atoms with Gasteiger partial charge in [0.2, 0.25) is 17.4 Å². The Kier molecular flexibility index (Phi) is 5.57. The third kappa shape index (κ3) is 3.61. The molecule has 0 aliphatic carbocycles. The molecule has 0 amide bonds. The molecule has 0 unspecified atom stereocenters. The second kappa shape index (κ2) is 7.06. The zero-order chi connectivity index (χ0) is 19.6. The van der Waals surface area contributed by atoms with E-state index in [0.717, 1.165) is 0 Å². The van der Waals surface area contributed by atoms with Gasteiger partial charge in [0.15, 0.2) is 11.6 Å². The number of ether oxygens (including phenoxy) is 1. The summed E-state index contributed by atoms with van der Waals surface area (Å²) in [6.45, 7) is -3.98. The molecule has 0 aromatic heterocycles. The summed E-state index contributed by atoms with van der Waals surface area (Å²) in [7, 11) is 0. The molecular formula is C11H2F5NO8-2. The van der Waals surface area contributed by atoms with Gasteiger partial charge in [0.05, 0.1) is 16.9 Å². The van der Waals surface area contributed by atoms with E-state index in [1.165, 1.54) is 0 Å². The average Bonchev–Trinajstić information content (AvgIpc) is 2.45. The Morgan fingerprint density at radius 1 is 0.960 bits per heavy atom. The van der Waals surface area contributed by atoms with E-state index in [1.807, 2.05) is 0 Å². The Morgan fingerprint density at radius 2 is 1.44 bits per heavy atom. The summed E-state index contributed by atoms with van der Waals surface area (Å²) >= 11 is 0. The van der Waals surface area contributed by atoms with E-state index in [0.29, 0.717) is 0 Å². The number of carbonyl (C=O) groups excluding carboxylic acids is 3. The van der Waals surface area contributed by atoms with E-state index < -0.39 is 69.6 Å². The molecule has 0 fully saturated rings. The van der Waals surface area contributed by atoms with E-state index in [-0.39, 0.29) is 0 Å². The number of hydrogen-bond donors (Lipinski definition) is 0. The third-order valence-corrected chi connectivity index (χ3v) is 2.63. The molecule has 0 aliphatic heterocycles. The second-order valence-corrected chi connectivity index (χ2v) is 4.07. The molecule has 0 saturated heterocycles. The topological polar surface area (TPSA) is 150 Å². The minimum atomic E-state index is -3.98. The summed E-state index contributed by atoms with van der Waals surface area (Å²) in [6, 6.07) is 0. The molecule has 0 bridgehead atoms. The number of halogens is 5. The lowest BCUT2D eigenvalue weighted by molar-refractivity contribution is -0.388. The highest BCUT2D eigenvalue weighted by atomic mass is 19.3. The number of aliphatic carboxylic acids is 2. The van der Waals surface area contributed by atoms with E-state index in [2.05, 4.69) is 4.74 Å². The Bertz CT molecular complexity index is 766. The zero-order valence-electron chi connectivity index (χ0n) is 11.3. The number of nitrogens with zero attached hydrogens (tertiary/aromatic N) is 1. The molecule has 0 aliphatic rings. The number of nitro groups is 1. The maximum atomic E-state index is 14.0. The van der Waals surface area contributed by atoms with Gasteiger partial charge in [0.1, 0.15) is 11.5 Å². The van der Waals surface area contributed by atoms with Gasteiger partial charge in [-0.15, -0.1) is 0 Å². The third-order valence-electron chi connectivity index (χ3n) is 2.63. The number of alkyl halides is 2. The minimum Gasteiger partial charge on any atom is -0.549 e. The van der Waals surface area contributed by atoms with E-state index >= 15 is 0 Å². The van der Waals surface area contributed by atoms with Gasteiger partial charge >= 0.3 is 12.3 Å². The first-order valence-corrected chi connectivity index (χ1v) is 5.67. The van der Waals surface area contributed by atoms with Crippen molar-refractivity contribution >= 4 is 23.4 Å². The van der Waals surface area contributed by atoms with E-state index in [4.69, 9.17) is 0 Å². The molecule has 136 valence electrons. The molecule has 0 radical (unpaired) electrons. The van der Waals surface area contributed by atoms with Crippen LogP contribution in [0.3, 0.4) is 0 Å². The van der Waals surface area contributed by atoms with Gasteiger partial charge < -0.3 is 24.5 Å². The molecule has 0 N–H and O–H groups in total. The molecule has 9 nitrogen and oxygen atoms in total. The van der Waals surface area contributed by atoms with Gasteiger partial charge in [-0.3, -0.25) is 14.9 Å². The summed E-state index contributed by atoms with van der Waals surface area (Å²) in [5.74, 6) is -21.6. The predicted octanol–water partition coefficient (Wildman–Crippen LogP) is -1.09. The fraction of sp³-hybridized carbons (Fsp3) is 0.182. The number of hydrogen-bond acceptors (Lipinski definition) is 8. The number of carboxylic acid groups (broad SMARTS) is 2. The van der Waals surface area contributed by atoms with Crippen molar-refractivity contribution in [2.75, 3.05) is 0 Å². The predicted molar refractivity (Wildman–Crippen MR) is 57.4 cm³/mol. The maximum Gasteiger partial charge on any atom is 0.387 e. The van der Waals surface area contributed by atoms with Crippen LogP contribution in [-0.4, -0.2) is 29.3 Å². The smallest absolute Gasteiger partial charge is 0.387 e. The molecule has 25 heavy (non-hydrogen) atoms. The van der Waals surface area contributed by atoms with Crippen molar-refractivity contribution in [3.63, 3.8) is 0 Å². The first-order chi connectivity index (χ1) is 11.4. The van der Waals surface area contributed by atoms with Crippen molar-refractivity contribution in [1.82, 2.24) is 0 Å². The highest BCUT2D eigenvalue weighted by molar-refractivity contribution is 6.20. The highest BCUT2D eigenvalue weighted by Crippen LogP contribution is 2.37. The molecular weight excluding hydrogens is 369 g/mol. The molecule has 0 saturated carbocycles. The van der Waals surface area contributed by atoms with Gasteiger partial charge in [-0.2, -0.15) is 17.6 Å². The van der Waals surface area contributed by atoms with Crippen molar-refractivity contribution in [1.29, 1.82) is 0 Å². The molecule has 0 spiro atoms. The van der Waals surface area contributed by atoms with Crippen LogP contribution >= 0.6 is 0 Å².